The maximum absolute atomic E-state index is 12.3. The van der Waals surface area contributed by atoms with Crippen molar-refractivity contribution < 1.29 is 4.79 Å². The molecule has 0 spiro atoms. The number of hydrogen-bond donors (Lipinski definition) is 1. The molecular formula is C17H17ClN4OS. The Hall–Kier alpha value is -2.18. The zero-order chi connectivity index (χ0) is 16.9. The van der Waals surface area contributed by atoms with Gasteiger partial charge in [0.2, 0.25) is 0 Å². The Morgan fingerprint density at radius 1 is 1.33 bits per heavy atom. The van der Waals surface area contributed by atoms with E-state index in [9.17, 15) is 4.79 Å². The highest BCUT2D eigenvalue weighted by atomic mass is 35.5. The zero-order valence-corrected chi connectivity index (χ0v) is 14.8. The average Bonchev–Trinajstić information content (AvgIpc) is 3.22. The molecule has 0 atom stereocenters. The Kier molecular flexibility index (Phi) is 5.27. The third kappa shape index (κ3) is 4.01. The van der Waals surface area contributed by atoms with E-state index in [1.165, 1.54) is 16.9 Å². The average molecular weight is 361 g/mol. The first-order valence-corrected chi connectivity index (χ1v) is 8.80. The van der Waals surface area contributed by atoms with Crippen LogP contribution in [0.25, 0.3) is 10.6 Å². The first-order valence-electron chi connectivity index (χ1n) is 7.61. The van der Waals surface area contributed by atoms with Crippen LogP contribution in [0.3, 0.4) is 0 Å². The van der Waals surface area contributed by atoms with Gasteiger partial charge < -0.3 is 9.88 Å². The molecule has 2 aromatic heterocycles. The number of amides is 1. The lowest BCUT2D eigenvalue weighted by Gasteiger charge is -2.04. The predicted molar refractivity (Wildman–Crippen MR) is 96.5 cm³/mol. The summed E-state index contributed by atoms with van der Waals surface area (Å²) in [7, 11) is 0. The fraction of sp³-hybridized carbons (Fsp3) is 0.235. The summed E-state index contributed by atoms with van der Waals surface area (Å²) in [5.74, 6) is -0.236. The maximum Gasteiger partial charge on any atom is 0.272 e. The van der Waals surface area contributed by atoms with Crippen LogP contribution in [0.4, 0.5) is 0 Å². The van der Waals surface area contributed by atoms with E-state index in [4.69, 9.17) is 11.6 Å². The van der Waals surface area contributed by atoms with E-state index in [2.05, 4.69) is 15.3 Å². The molecule has 0 radical (unpaired) electrons. The van der Waals surface area contributed by atoms with E-state index < -0.39 is 0 Å². The largest absolute Gasteiger partial charge is 0.351 e. The minimum absolute atomic E-state index is 0.236. The lowest BCUT2D eigenvalue weighted by Crippen LogP contribution is -2.25. The number of hydrogen-bond acceptors (Lipinski definition) is 4. The number of carbonyl (C=O) groups is 1. The molecule has 2 heterocycles. The molecule has 1 N–H and O–H groups in total. The van der Waals surface area contributed by atoms with E-state index in [1.807, 2.05) is 42.0 Å². The summed E-state index contributed by atoms with van der Waals surface area (Å²) in [5, 5.41) is 3.62. The predicted octanol–water partition coefficient (Wildman–Crippen LogP) is 3.79. The summed E-state index contributed by atoms with van der Waals surface area (Å²) in [6.45, 7) is 3.39. The van der Waals surface area contributed by atoms with Crippen LogP contribution in [-0.2, 0) is 6.54 Å². The number of aromatic nitrogens is 3. The van der Waals surface area contributed by atoms with Gasteiger partial charge in [-0.15, -0.1) is 11.3 Å². The SMILES string of the molecule is Cc1ccc(-c2nc(C(=O)NCCCn3ccnc3)c(Cl)s2)cc1. The highest BCUT2D eigenvalue weighted by Gasteiger charge is 2.17. The molecule has 0 bridgehead atoms. The van der Waals surface area contributed by atoms with Crippen molar-refractivity contribution in [1.29, 1.82) is 0 Å². The third-order valence-corrected chi connectivity index (χ3v) is 4.84. The van der Waals surface area contributed by atoms with Gasteiger partial charge in [0.1, 0.15) is 9.34 Å². The number of imidazole rings is 1. The van der Waals surface area contributed by atoms with Crippen LogP contribution < -0.4 is 5.32 Å². The van der Waals surface area contributed by atoms with Crippen molar-refractivity contribution >= 4 is 28.8 Å². The molecule has 124 valence electrons. The van der Waals surface area contributed by atoms with Crippen LogP contribution in [0.2, 0.25) is 4.34 Å². The zero-order valence-electron chi connectivity index (χ0n) is 13.2. The van der Waals surface area contributed by atoms with Gasteiger partial charge in [-0.1, -0.05) is 41.4 Å². The van der Waals surface area contributed by atoms with E-state index in [0.29, 0.717) is 16.6 Å². The van der Waals surface area contributed by atoms with Crippen molar-refractivity contribution in [3.8, 4) is 10.6 Å². The molecule has 5 nitrogen and oxygen atoms in total. The molecule has 3 aromatic rings. The van der Waals surface area contributed by atoms with Crippen molar-refractivity contribution in [2.75, 3.05) is 6.54 Å². The summed E-state index contributed by atoms with van der Waals surface area (Å²) in [6.07, 6.45) is 6.20. The Morgan fingerprint density at radius 3 is 2.83 bits per heavy atom. The van der Waals surface area contributed by atoms with Gasteiger partial charge in [0.05, 0.1) is 6.33 Å². The van der Waals surface area contributed by atoms with Gasteiger partial charge in [0, 0.05) is 31.0 Å². The van der Waals surface area contributed by atoms with E-state index in [-0.39, 0.29) is 5.91 Å². The van der Waals surface area contributed by atoms with Crippen molar-refractivity contribution in [3.63, 3.8) is 0 Å². The molecule has 0 unspecified atom stereocenters. The second-order valence-electron chi connectivity index (χ2n) is 5.42. The minimum atomic E-state index is -0.236. The van der Waals surface area contributed by atoms with E-state index in [1.54, 1.807) is 12.5 Å². The second-order valence-corrected chi connectivity index (χ2v) is 7.02. The number of aryl methyl sites for hydroxylation is 2. The topological polar surface area (TPSA) is 59.8 Å². The summed E-state index contributed by atoms with van der Waals surface area (Å²) >= 11 is 7.52. The smallest absolute Gasteiger partial charge is 0.272 e. The second kappa shape index (κ2) is 7.59. The normalized spacial score (nSPS) is 10.8. The van der Waals surface area contributed by atoms with E-state index in [0.717, 1.165) is 23.5 Å². The van der Waals surface area contributed by atoms with Crippen molar-refractivity contribution in [2.45, 2.75) is 19.9 Å². The Bertz CT molecular complexity index is 812. The Labute approximate surface area is 149 Å². The van der Waals surface area contributed by atoms with Gasteiger partial charge in [0.15, 0.2) is 5.69 Å². The lowest BCUT2D eigenvalue weighted by atomic mass is 10.2. The Balaban J connectivity index is 1.59. The molecule has 0 saturated carbocycles. The number of benzene rings is 1. The van der Waals surface area contributed by atoms with Crippen LogP contribution in [-0.4, -0.2) is 27.0 Å². The standard InChI is InChI=1S/C17H17ClN4OS/c1-12-3-5-13(6-4-12)17-21-14(15(18)24-17)16(23)20-7-2-9-22-10-8-19-11-22/h3-6,8,10-11H,2,7,9H2,1H3,(H,20,23). The summed E-state index contributed by atoms with van der Waals surface area (Å²) in [6, 6.07) is 8.00. The molecule has 7 heteroatoms. The van der Waals surface area contributed by atoms with Crippen LogP contribution in [0.15, 0.2) is 43.0 Å². The molecule has 1 aromatic carbocycles. The minimum Gasteiger partial charge on any atom is -0.351 e. The van der Waals surface area contributed by atoms with Gasteiger partial charge in [-0.3, -0.25) is 4.79 Å². The van der Waals surface area contributed by atoms with Crippen molar-refractivity contribution in [2.24, 2.45) is 0 Å². The number of thiazole rings is 1. The molecule has 0 saturated heterocycles. The van der Waals surface area contributed by atoms with Gasteiger partial charge >= 0.3 is 0 Å². The Morgan fingerprint density at radius 2 is 2.12 bits per heavy atom. The molecular weight excluding hydrogens is 344 g/mol. The third-order valence-electron chi connectivity index (χ3n) is 3.54. The molecule has 0 aliphatic heterocycles. The molecule has 1 amide bonds. The number of carbonyl (C=O) groups excluding carboxylic acids is 1. The number of nitrogens with one attached hydrogen (secondary N) is 1. The summed E-state index contributed by atoms with van der Waals surface area (Å²) in [4.78, 5) is 20.6. The van der Waals surface area contributed by atoms with Crippen LogP contribution >= 0.6 is 22.9 Å². The molecule has 0 fully saturated rings. The number of nitrogens with zero attached hydrogens (tertiary/aromatic N) is 3. The highest BCUT2D eigenvalue weighted by molar-refractivity contribution is 7.19. The van der Waals surface area contributed by atoms with Crippen LogP contribution in [0.1, 0.15) is 22.5 Å². The number of rotatable bonds is 6. The van der Waals surface area contributed by atoms with Crippen molar-refractivity contribution in [3.05, 3.63) is 58.6 Å². The van der Waals surface area contributed by atoms with Gasteiger partial charge in [-0.25, -0.2) is 9.97 Å². The maximum atomic E-state index is 12.3. The first-order chi connectivity index (χ1) is 11.6. The fourth-order valence-corrected chi connectivity index (χ4v) is 3.37. The quantitative estimate of drug-likeness (QED) is 0.680. The van der Waals surface area contributed by atoms with Crippen molar-refractivity contribution in [1.82, 2.24) is 19.9 Å². The van der Waals surface area contributed by atoms with Gasteiger partial charge in [0.25, 0.3) is 5.91 Å². The van der Waals surface area contributed by atoms with Crippen LogP contribution in [0, 0.1) is 6.92 Å². The van der Waals surface area contributed by atoms with Gasteiger partial charge in [-0.05, 0) is 13.3 Å². The molecule has 3 rings (SSSR count). The summed E-state index contributed by atoms with van der Waals surface area (Å²) in [5.41, 5.74) is 2.43. The van der Waals surface area contributed by atoms with Gasteiger partial charge in [-0.2, -0.15) is 0 Å². The van der Waals surface area contributed by atoms with E-state index >= 15 is 0 Å². The lowest BCUT2D eigenvalue weighted by molar-refractivity contribution is 0.0948. The molecule has 0 aliphatic carbocycles. The summed E-state index contributed by atoms with van der Waals surface area (Å²) < 4.78 is 2.38. The fourth-order valence-electron chi connectivity index (χ4n) is 2.23. The molecule has 24 heavy (non-hydrogen) atoms. The molecule has 0 aliphatic rings. The number of halogens is 1. The monoisotopic (exact) mass is 360 g/mol. The first kappa shape index (κ1) is 16.7. The van der Waals surface area contributed by atoms with Crippen LogP contribution in [0.5, 0.6) is 0 Å². The highest BCUT2D eigenvalue weighted by Crippen LogP contribution is 2.31.